The smallest absolute Gasteiger partial charge is 0.239 e. The monoisotopic (exact) mass is 338 g/mol. The molecule has 112 valence electrons. The molecule has 0 aliphatic rings. The lowest BCUT2D eigenvalue weighted by atomic mass is 10.2. The lowest BCUT2D eigenvalue weighted by Gasteiger charge is -2.14. The van der Waals surface area contributed by atoms with E-state index in [-0.39, 0.29) is 21.5 Å². The summed E-state index contributed by atoms with van der Waals surface area (Å²) >= 11 is 11.9. The number of ether oxygens (including phenoxy) is 1. The van der Waals surface area contributed by atoms with Crippen molar-refractivity contribution in [2.45, 2.75) is 12.2 Å². The molecular weight excluding hydrogens is 323 g/mol. The molecule has 0 radical (unpaired) electrons. The standard InChI is InChI=1S/C12H16Cl2N2O3S/c1-7(20(18)4-3-19-2)12(17)16-11-9(13)5-8(15)6-10(11)14/h5-7H,3-4,15H2,1-2H3,(H,16,17). The van der Waals surface area contributed by atoms with Gasteiger partial charge in [0.2, 0.25) is 5.91 Å². The van der Waals surface area contributed by atoms with Gasteiger partial charge in [-0.3, -0.25) is 9.00 Å². The zero-order valence-corrected chi connectivity index (χ0v) is 13.4. The van der Waals surface area contributed by atoms with Gasteiger partial charge in [0, 0.05) is 29.3 Å². The molecule has 2 unspecified atom stereocenters. The summed E-state index contributed by atoms with van der Waals surface area (Å²) in [5.74, 6) is -0.137. The first-order valence-electron chi connectivity index (χ1n) is 5.78. The fraction of sp³-hybridized carbons (Fsp3) is 0.417. The molecule has 1 aromatic carbocycles. The molecule has 0 aliphatic heterocycles. The molecule has 0 aliphatic carbocycles. The van der Waals surface area contributed by atoms with Crippen LogP contribution in [0.1, 0.15) is 6.92 Å². The molecule has 0 aromatic heterocycles. The highest BCUT2D eigenvalue weighted by atomic mass is 35.5. The number of nitrogen functional groups attached to an aromatic ring is 1. The van der Waals surface area contributed by atoms with Crippen LogP contribution < -0.4 is 11.1 Å². The minimum absolute atomic E-state index is 0.234. The Kier molecular flexibility index (Phi) is 6.75. The maximum absolute atomic E-state index is 12.0. The molecule has 0 bridgehead atoms. The summed E-state index contributed by atoms with van der Waals surface area (Å²) in [7, 11) is 0.176. The number of benzene rings is 1. The van der Waals surface area contributed by atoms with Gasteiger partial charge in [0.25, 0.3) is 0 Å². The Hall–Kier alpha value is -0.820. The minimum Gasteiger partial charge on any atom is -0.399 e. The van der Waals surface area contributed by atoms with Crippen LogP contribution in [0.15, 0.2) is 12.1 Å². The van der Waals surface area contributed by atoms with Crippen molar-refractivity contribution in [2.24, 2.45) is 0 Å². The molecule has 5 nitrogen and oxygen atoms in total. The lowest BCUT2D eigenvalue weighted by Crippen LogP contribution is -2.31. The lowest BCUT2D eigenvalue weighted by molar-refractivity contribution is -0.115. The van der Waals surface area contributed by atoms with Gasteiger partial charge in [-0.15, -0.1) is 0 Å². The third kappa shape index (κ3) is 4.63. The average Bonchev–Trinajstić information content (AvgIpc) is 2.38. The van der Waals surface area contributed by atoms with Gasteiger partial charge in [-0.25, -0.2) is 0 Å². The number of nitrogens with one attached hydrogen (secondary N) is 1. The van der Waals surface area contributed by atoms with Crippen molar-refractivity contribution in [3.05, 3.63) is 22.2 Å². The summed E-state index contributed by atoms with van der Waals surface area (Å²) < 4.78 is 16.7. The van der Waals surface area contributed by atoms with Crippen LogP contribution in [-0.4, -0.2) is 34.8 Å². The topological polar surface area (TPSA) is 81.4 Å². The fourth-order valence-corrected chi connectivity index (χ4v) is 2.98. The van der Waals surface area contributed by atoms with Crippen LogP contribution in [0.2, 0.25) is 10.0 Å². The zero-order chi connectivity index (χ0) is 15.3. The van der Waals surface area contributed by atoms with Gasteiger partial charge in [-0.2, -0.15) is 0 Å². The predicted octanol–water partition coefficient (Wildman–Crippen LogP) is 2.30. The first kappa shape index (κ1) is 17.2. The SMILES string of the molecule is COCCS(=O)C(C)C(=O)Nc1c(Cl)cc(N)cc1Cl. The molecule has 0 saturated heterocycles. The second kappa shape index (κ2) is 7.83. The highest BCUT2D eigenvalue weighted by Crippen LogP contribution is 2.32. The van der Waals surface area contributed by atoms with Gasteiger partial charge in [0.05, 0.1) is 22.3 Å². The van der Waals surface area contributed by atoms with Gasteiger partial charge in [-0.1, -0.05) is 23.2 Å². The number of amides is 1. The first-order valence-corrected chi connectivity index (χ1v) is 7.92. The van der Waals surface area contributed by atoms with Gasteiger partial charge in [0.1, 0.15) is 5.25 Å². The Bertz CT molecular complexity index is 502. The fourth-order valence-electron chi connectivity index (χ4n) is 1.40. The van der Waals surface area contributed by atoms with Crippen LogP contribution in [0.3, 0.4) is 0 Å². The van der Waals surface area contributed by atoms with Crippen molar-refractivity contribution in [1.82, 2.24) is 0 Å². The molecule has 3 N–H and O–H groups in total. The van der Waals surface area contributed by atoms with E-state index >= 15 is 0 Å². The number of methoxy groups -OCH3 is 1. The second-order valence-electron chi connectivity index (χ2n) is 4.07. The van der Waals surface area contributed by atoms with Gasteiger partial charge in [0.15, 0.2) is 0 Å². The van der Waals surface area contributed by atoms with Crippen LogP contribution >= 0.6 is 23.2 Å². The Balaban J connectivity index is 2.78. The predicted molar refractivity (Wildman–Crippen MR) is 83.9 cm³/mol. The van der Waals surface area contributed by atoms with E-state index in [9.17, 15) is 9.00 Å². The van der Waals surface area contributed by atoms with Gasteiger partial charge in [-0.05, 0) is 19.1 Å². The maximum Gasteiger partial charge on any atom is 0.239 e. The number of halogens is 2. The van der Waals surface area contributed by atoms with Crippen LogP contribution in [0, 0.1) is 0 Å². The molecular formula is C12H16Cl2N2O3S. The van der Waals surface area contributed by atoms with Crippen molar-refractivity contribution in [3.8, 4) is 0 Å². The van der Waals surface area contributed by atoms with Gasteiger partial charge < -0.3 is 15.8 Å². The normalized spacial score (nSPS) is 13.8. The summed E-state index contributed by atoms with van der Waals surface area (Å²) in [6, 6.07) is 2.96. The number of carbonyl (C=O) groups excluding carboxylic acids is 1. The van der Waals surface area contributed by atoms with E-state index in [2.05, 4.69) is 5.32 Å². The molecule has 0 heterocycles. The number of anilines is 2. The van der Waals surface area contributed by atoms with E-state index in [0.717, 1.165) is 0 Å². The molecule has 1 rings (SSSR count). The average molecular weight is 339 g/mol. The van der Waals surface area contributed by atoms with E-state index in [4.69, 9.17) is 33.7 Å². The second-order valence-corrected chi connectivity index (χ2v) is 6.76. The molecule has 1 amide bonds. The Labute approximate surface area is 130 Å². The highest BCUT2D eigenvalue weighted by Gasteiger charge is 2.21. The summed E-state index contributed by atoms with van der Waals surface area (Å²) in [6.07, 6.45) is 0. The Morgan fingerprint density at radius 2 is 2.00 bits per heavy atom. The first-order chi connectivity index (χ1) is 9.36. The van der Waals surface area contributed by atoms with Crippen LogP contribution in [0.5, 0.6) is 0 Å². The Morgan fingerprint density at radius 3 is 2.50 bits per heavy atom. The summed E-state index contributed by atoms with van der Waals surface area (Å²) in [5, 5.41) is 2.34. The maximum atomic E-state index is 12.0. The van der Waals surface area contributed by atoms with E-state index in [0.29, 0.717) is 12.3 Å². The van der Waals surface area contributed by atoms with Crippen LogP contribution in [0.4, 0.5) is 11.4 Å². The van der Waals surface area contributed by atoms with Crippen molar-refractivity contribution >= 4 is 51.3 Å². The molecule has 0 spiro atoms. The summed E-state index contributed by atoms with van der Waals surface area (Å²) in [6.45, 7) is 1.90. The Morgan fingerprint density at radius 1 is 1.45 bits per heavy atom. The molecule has 1 aromatic rings. The zero-order valence-electron chi connectivity index (χ0n) is 11.1. The van der Waals surface area contributed by atoms with Gasteiger partial charge >= 0.3 is 0 Å². The highest BCUT2D eigenvalue weighted by molar-refractivity contribution is 7.86. The van der Waals surface area contributed by atoms with Crippen molar-refractivity contribution < 1.29 is 13.7 Å². The largest absolute Gasteiger partial charge is 0.399 e. The number of hydrogen-bond donors (Lipinski definition) is 2. The summed E-state index contributed by atoms with van der Waals surface area (Å²) in [5.41, 5.74) is 6.24. The third-order valence-electron chi connectivity index (χ3n) is 2.56. The van der Waals surface area contributed by atoms with Crippen molar-refractivity contribution in [1.29, 1.82) is 0 Å². The van der Waals surface area contributed by atoms with E-state index in [1.807, 2.05) is 0 Å². The van der Waals surface area contributed by atoms with Crippen molar-refractivity contribution in [3.63, 3.8) is 0 Å². The molecule has 8 heteroatoms. The minimum atomic E-state index is -1.33. The molecule has 0 saturated carbocycles. The molecule has 2 atom stereocenters. The van der Waals surface area contributed by atoms with Crippen LogP contribution in [0.25, 0.3) is 0 Å². The molecule has 0 fully saturated rings. The number of rotatable bonds is 6. The van der Waals surface area contributed by atoms with E-state index in [1.54, 1.807) is 6.92 Å². The number of nitrogens with two attached hydrogens (primary N) is 1. The summed E-state index contributed by atoms with van der Waals surface area (Å²) in [4.78, 5) is 12.0. The van der Waals surface area contributed by atoms with Crippen molar-refractivity contribution in [2.75, 3.05) is 30.5 Å². The quantitative estimate of drug-likeness (QED) is 0.779. The van der Waals surface area contributed by atoms with E-state index < -0.39 is 22.0 Å². The third-order valence-corrected chi connectivity index (χ3v) is 4.73. The molecule has 20 heavy (non-hydrogen) atoms. The van der Waals surface area contributed by atoms with E-state index in [1.165, 1.54) is 19.2 Å². The van der Waals surface area contributed by atoms with Crippen LogP contribution in [-0.2, 0) is 20.3 Å². The number of carbonyl (C=O) groups is 1. The number of hydrogen-bond acceptors (Lipinski definition) is 4.